The zero-order valence-corrected chi connectivity index (χ0v) is 22.6. The minimum atomic E-state index is -2.37. The Morgan fingerprint density at radius 3 is 2.00 bits per heavy atom. The molecule has 1 saturated carbocycles. The van der Waals surface area contributed by atoms with Crippen molar-refractivity contribution in [1.29, 1.82) is 0 Å². The Morgan fingerprint density at radius 1 is 1.00 bits per heavy atom. The number of rotatable bonds is 11. The number of hydrogen-bond donors (Lipinski definition) is 1. The average Bonchev–Trinajstić information content (AvgIpc) is 2.98. The zero-order valence-electron chi connectivity index (χ0n) is 19.8. The van der Waals surface area contributed by atoms with E-state index >= 15 is 0 Å². The van der Waals surface area contributed by atoms with Gasteiger partial charge in [0.05, 0.1) is 0 Å². The normalized spacial score (nSPS) is 31.3. The molecule has 2 nitrogen and oxygen atoms in total. The van der Waals surface area contributed by atoms with Gasteiger partial charge in [-0.15, -0.1) is 0 Å². The van der Waals surface area contributed by atoms with E-state index in [1.54, 1.807) is 5.57 Å². The molecule has 2 fully saturated rings. The van der Waals surface area contributed by atoms with Gasteiger partial charge in [0.25, 0.3) is 0 Å². The molecule has 3 atom stereocenters. The molecule has 1 aliphatic heterocycles. The molecule has 2 aliphatic rings. The fraction of sp³-hybridized carbons (Fsp3) is 0.920. The third kappa shape index (κ3) is 5.19. The van der Waals surface area contributed by atoms with E-state index in [0.717, 1.165) is 13.0 Å². The summed E-state index contributed by atoms with van der Waals surface area (Å²) in [6.45, 7) is 15.4. The first kappa shape index (κ1) is 24.7. The van der Waals surface area contributed by atoms with Crippen LogP contribution in [0.1, 0.15) is 92.9 Å². The van der Waals surface area contributed by atoms with E-state index in [0.29, 0.717) is 18.6 Å². The number of aliphatic hydroxyl groups excluding tert-OH is 1. The molecule has 0 aromatic rings. The van der Waals surface area contributed by atoms with Crippen LogP contribution in [0.5, 0.6) is 0 Å². The summed E-state index contributed by atoms with van der Waals surface area (Å²) in [5.41, 5.74) is 1.84. The molecule has 2 rings (SSSR count). The maximum absolute atomic E-state index is 10.4. The summed E-state index contributed by atoms with van der Waals surface area (Å²) < 4.78 is 13.9. The average molecular weight is 499 g/mol. The van der Waals surface area contributed by atoms with Crippen LogP contribution >= 0.6 is 0 Å². The van der Waals surface area contributed by atoms with Crippen molar-refractivity contribution in [2.24, 2.45) is 16.7 Å². The number of aliphatic hydroxyl groups is 1. The Balaban J connectivity index is 2.44. The first-order chi connectivity index (χ1) is 13.3. The van der Waals surface area contributed by atoms with Crippen LogP contribution in [0.15, 0.2) is 9.67 Å². The second kappa shape index (κ2) is 10.7. The first-order valence-corrected chi connectivity index (χ1v) is 19.9. The number of ether oxygens (including phenoxy) is 1. The third-order valence-electron chi connectivity index (χ3n) is 8.27. The summed E-state index contributed by atoms with van der Waals surface area (Å²) in [5, 5.41) is 10.4. The molecular formula is C25H48O2Sn. The van der Waals surface area contributed by atoms with Crippen LogP contribution in [0, 0.1) is 16.7 Å². The van der Waals surface area contributed by atoms with Crippen molar-refractivity contribution >= 4 is 18.4 Å². The molecule has 0 spiro atoms. The second-order valence-electron chi connectivity index (χ2n) is 10.7. The topological polar surface area (TPSA) is 29.5 Å². The van der Waals surface area contributed by atoms with Crippen LogP contribution in [-0.4, -0.2) is 42.8 Å². The van der Waals surface area contributed by atoms with Gasteiger partial charge in [-0.05, 0) is 0 Å². The molecule has 28 heavy (non-hydrogen) atoms. The third-order valence-corrected chi connectivity index (χ3v) is 22.6. The van der Waals surface area contributed by atoms with Crippen molar-refractivity contribution in [2.75, 3.05) is 13.2 Å². The van der Waals surface area contributed by atoms with Crippen LogP contribution in [0.2, 0.25) is 13.3 Å². The van der Waals surface area contributed by atoms with E-state index in [1.807, 2.05) is 0 Å². The molecule has 1 aliphatic carbocycles. The Labute approximate surface area is 179 Å². The summed E-state index contributed by atoms with van der Waals surface area (Å²) in [6, 6.07) is 0. The van der Waals surface area contributed by atoms with E-state index < -0.39 is 18.4 Å². The Morgan fingerprint density at radius 2 is 1.54 bits per heavy atom. The van der Waals surface area contributed by atoms with Gasteiger partial charge >= 0.3 is 180 Å². The van der Waals surface area contributed by atoms with Crippen molar-refractivity contribution in [3.05, 3.63) is 9.67 Å². The van der Waals surface area contributed by atoms with Gasteiger partial charge in [0.2, 0.25) is 0 Å². The Kier molecular flexibility index (Phi) is 9.42. The van der Waals surface area contributed by atoms with Crippen molar-refractivity contribution < 1.29 is 9.84 Å². The van der Waals surface area contributed by atoms with Crippen LogP contribution in [0.4, 0.5) is 0 Å². The molecule has 0 unspecified atom stereocenters. The fourth-order valence-electron chi connectivity index (χ4n) is 6.23. The molecule has 1 heterocycles. The van der Waals surface area contributed by atoms with E-state index in [-0.39, 0.29) is 10.8 Å². The van der Waals surface area contributed by atoms with Gasteiger partial charge in [-0.3, -0.25) is 0 Å². The predicted octanol–water partition coefficient (Wildman–Crippen LogP) is 7.13. The number of unbranched alkanes of at least 4 members (excludes halogenated alkanes) is 3. The van der Waals surface area contributed by atoms with Gasteiger partial charge in [0, 0.05) is 0 Å². The van der Waals surface area contributed by atoms with Crippen molar-refractivity contribution in [3.63, 3.8) is 0 Å². The summed E-state index contributed by atoms with van der Waals surface area (Å²) in [5.74, 6) is 0.319. The van der Waals surface area contributed by atoms with Crippen LogP contribution < -0.4 is 0 Å². The van der Waals surface area contributed by atoms with Gasteiger partial charge in [-0.1, -0.05) is 0 Å². The molecular weight excluding hydrogens is 451 g/mol. The summed E-state index contributed by atoms with van der Waals surface area (Å²) in [7, 11) is 0. The molecule has 0 radical (unpaired) electrons. The monoisotopic (exact) mass is 500 g/mol. The van der Waals surface area contributed by atoms with Crippen molar-refractivity contribution in [3.8, 4) is 0 Å². The fourth-order valence-corrected chi connectivity index (χ4v) is 21.9. The minimum absolute atomic E-state index is 0.0450. The van der Waals surface area contributed by atoms with Gasteiger partial charge in [0.1, 0.15) is 0 Å². The molecule has 3 heteroatoms. The molecule has 0 aromatic heterocycles. The zero-order chi connectivity index (χ0) is 20.8. The van der Waals surface area contributed by atoms with E-state index in [1.165, 1.54) is 58.3 Å². The molecule has 164 valence electrons. The molecule has 1 N–H and O–H groups in total. The molecule has 1 saturated heterocycles. The van der Waals surface area contributed by atoms with Crippen molar-refractivity contribution in [2.45, 2.75) is 112 Å². The summed E-state index contributed by atoms with van der Waals surface area (Å²) >= 11 is -2.37. The van der Waals surface area contributed by atoms with Gasteiger partial charge in [0.15, 0.2) is 0 Å². The Bertz CT molecular complexity index is 491. The van der Waals surface area contributed by atoms with E-state index in [4.69, 9.17) is 4.74 Å². The van der Waals surface area contributed by atoms with E-state index in [2.05, 4.69) is 45.6 Å². The van der Waals surface area contributed by atoms with Crippen LogP contribution in [0.3, 0.4) is 0 Å². The molecule has 0 aromatic carbocycles. The summed E-state index contributed by atoms with van der Waals surface area (Å²) in [6.07, 6.45) is 10.8. The summed E-state index contributed by atoms with van der Waals surface area (Å²) in [4.78, 5) is 0. The van der Waals surface area contributed by atoms with E-state index in [9.17, 15) is 5.11 Å². The predicted molar refractivity (Wildman–Crippen MR) is 124 cm³/mol. The molecule has 0 amide bonds. The quantitative estimate of drug-likeness (QED) is 0.307. The van der Waals surface area contributed by atoms with Gasteiger partial charge in [-0.25, -0.2) is 0 Å². The van der Waals surface area contributed by atoms with Crippen LogP contribution in [-0.2, 0) is 4.74 Å². The number of hydrogen-bond acceptors (Lipinski definition) is 2. The second-order valence-corrected chi connectivity index (χ2v) is 23.6. The first-order valence-electron chi connectivity index (χ1n) is 12.2. The van der Waals surface area contributed by atoms with Gasteiger partial charge in [-0.2, -0.15) is 0 Å². The molecule has 0 bridgehead atoms. The maximum atomic E-state index is 10.4. The Hall–Kier alpha value is 0.459. The van der Waals surface area contributed by atoms with Gasteiger partial charge < -0.3 is 0 Å². The van der Waals surface area contributed by atoms with Crippen LogP contribution in [0.25, 0.3) is 0 Å². The number of fused-ring (bicyclic) bond motifs is 1. The standard InChI is InChI=1S/C13H21O2.3C4H9.Sn/c1-9-8-15-11-5-6-12(2,3)10(7-14)13(9,11)4;3*1-3-4-2;/h1,10-11,14H,5-8H2,2-4H3;3*1,3-4H2,2H3;/t10-,11-,13+;;;;/m1..../s1. The van der Waals surface area contributed by atoms with Crippen molar-refractivity contribution in [1.82, 2.24) is 0 Å². The SMILES string of the molecule is CCC[CH2][Sn](/[CH]=C1\CO[C@@H]2CCC(C)(C)[C@@H](CO)[C@]12C)([CH2]CCC)[CH2]CCC.